The third-order valence-electron chi connectivity index (χ3n) is 3.53. The van der Waals surface area contributed by atoms with Crippen molar-refractivity contribution in [1.29, 1.82) is 0 Å². The van der Waals surface area contributed by atoms with Crippen LogP contribution in [0.15, 0.2) is 18.3 Å². The predicted molar refractivity (Wildman–Crippen MR) is 66.9 cm³/mol. The third-order valence-corrected chi connectivity index (χ3v) is 3.53. The Balaban J connectivity index is 2.22. The first kappa shape index (κ1) is 13.0. The Morgan fingerprint density at radius 1 is 1.22 bits per heavy atom. The van der Waals surface area contributed by atoms with Gasteiger partial charge in [-0.1, -0.05) is 6.07 Å². The van der Waals surface area contributed by atoms with E-state index >= 15 is 0 Å². The Morgan fingerprint density at radius 2 is 1.78 bits per heavy atom. The van der Waals surface area contributed by atoms with E-state index in [1.165, 1.54) is 12.3 Å². The summed E-state index contributed by atoms with van der Waals surface area (Å²) < 4.78 is 11.7. The van der Waals surface area contributed by atoms with Crippen molar-refractivity contribution in [3.05, 3.63) is 24.0 Å². The molecule has 0 aromatic carbocycles. The molecule has 0 aliphatic carbocycles. The van der Waals surface area contributed by atoms with E-state index in [0.717, 1.165) is 5.46 Å². The van der Waals surface area contributed by atoms with Gasteiger partial charge in [-0.05, 0) is 33.8 Å². The molecular weight excluding hydrogens is 233 g/mol. The summed E-state index contributed by atoms with van der Waals surface area (Å²) in [6.45, 7) is 7.86. The van der Waals surface area contributed by atoms with Crippen LogP contribution in [0.1, 0.15) is 38.2 Å². The zero-order valence-electron chi connectivity index (χ0n) is 10.9. The van der Waals surface area contributed by atoms with Crippen molar-refractivity contribution in [2.45, 2.75) is 38.9 Å². The number of aromatic carboxylic acids is 1. The van der Waals surface area contributed by atoms with Crippen LogP contribution in [0.3, 0.4) is 0 Å². The van der Waals surface area contributed by atoms with E-state index in [-0.39, 0.29) is 5.69 Å². The van der Waals surface area contributed by atoms with Gasteiger partial charge >= 0.3 is 13.1 Å². The number of carboxylic acid groups (broad SMARTS) is 1. The molecule has 0 bridgehead atoms. The Kier molecular flexibility index (Phi) is 2.95. The van der Waals surface area contributed by atoms with E-state index in [2.05, 4.69) is 4.98 Å². The Hall–Kier alpha value is -1.40. The summed E-state index contributed by atoms with van der Waals surface area (Å²) in [5.74, 6) is -1.05. The van der Waals surface area contributed by atoms with Gasteiger partial charge in [-0.2, -0.15) is 0 Å². The molecular formula is C12H16BNO4. The maximum absolute atomic E-state index is 10.7. The number of carbonyl (C=O) groups is 1. The number of nitrogens with zero attached hydrogens (tertiary/aromatic N) is 1. The molecule has 0 radical (unpaired) electrons. The van der Waals surface area contributed by atoms with Crippen LogP contribution in [-0.2, 0) is 9.31 Å². The van der Waals surface area contributed by atoms with Gasteiger partial charge in [-0.25, -0.2) is 9.78 Å². The summed E-state index contributed by atoms with van der Waals surface area (Å²) in [6, 6.07) is 3.11. The summed E-state index contributed by atoms with van der Waals surface area (Å²) in [6.07, 6.45) is 1.48. The smallest absolute Gasteiger partial charge is 0.477 e. The van der Waals surface area contributed by atoms with Gasteiger partial charge in [0.05, 0.1) is 11.2 Å². The standard InChI is InChI=1S/C12H16BNO4/c1-11(2)12(3,4)18-13(17-11)8-5-6-9(10(15)16)14-7-8/h5-7H,1-4H3,(H,15,16). The highest BCUT2D eigenvalue weighted by Gasteiger charge is 2.51. The van der Waals surface area contributed by atoms with Gasteiger partial charge in [0.2, 0.25) is 0 Å². The number of hydrogen-bond donors (Lipinski definition) is 1. The molecule has 1 fully saturated rings. The molecule has 2 rings (SSSR count). The fourth-order valence-electron chi connectivity index (χ4n) is 1.65. The lowest BCUT2D eigenvalue weighted by molar-refractivity contribution is 0.00578. The molecule has 0 atom stereocenters. The first-order valence-corrected chi connectivity index (χ1v) is 5.78. The molecule has 1 saturated heterocycles. The van der Waals surface area contributed by atoms with Crippen LogP contribution in [-0.4, -0.2) is 34.4 Å². The zero-order valence-corrected chi connectivity index (χ0v) is 10.9. The highest BCUT2D eigenvalue weighted by Crippen LogP contribution is 2.36. The van der Waals surface area contributed by atoms with Gasteiger partial charge < -0.3 is 14.4 Å². The highest BCUT2D eigenvalue weighted by molar-refractivity contribution is 6.62. The molecule has 1 N–H and O–H groups in total. The van der Waals surface area contributed by atoms with Crippen LogP contribution in [0, 0.1) is 0 Å². The van der Waals surface area contributed by atoms with Crippen molar-refractivity contribution in [1.82, 2.24) is 4.98 Å². The monoisotopic (exact) mass is 249 g/mol. The second kappa shape index (κ2) is 4.07. The van der Waals surface area contributed by atoms with Gasteiger partial charge in [0.25, 0.3) is 0 Å². The Bertz CT molecular complexity index is 453. The van der Waals surface area contributed by atoms with Crippen molar-refractivity contribution in [3.63, 3.8) is 0 Å². The van der Waals surface area contributed by atoms with Crippen LogP contribution in [0.25, 0.3) is 0 Å². The van der Waals surface area contributed by atoms with E-state index in [0.29, 0.717) is 0 Å². The molecule has 0 amide bonds. The van der Waals surface area contributed by atoms with Crippen LogP contribution in [0.5, 0.6) is 0 Å². The normalized spacial score (nSPS) is 21.0. The van der Waals surface area contributed by atoms with E-state index in [1.807, 2.05) is 27.7 Å². The van der Waals surface area contributed by atoms with Gasteiger partial charge in [0.15, 0.2) is 0 Å². The number of carboxylic acids is 1. The largest absolute Gasteiger partial charge is 0.496 e. The van der Waals surface area contributed by atoms with Crippen molar-refractivity contribution >= 4 is 18.6 Å². The van der Waals surface area contributed by atoms with E-state index in [4.69, 9.17) is 14.4 Å². The molecule has 1 aliphatic heterocycles. The van der Waals surface area contributed by atoms with Gasteiger partial charge in [0.1, 0.15) is 5.69 Å². The predicted octanol–water partition coefficient (Wildman–Crippen LogP) is 1.08. The van der Waals surface area contributed by atoms with Crippen LogP contribution in [0.4, 0.5) is 0 Å². The second-order valence-corrected chi connectivity index (χ2v) is 5.37. The summed E-state index contributed by atoms with van der Waals surface area (Å²) >= 11 is 0. The minimum atomic E-state index is -1.05. The van der Waals surface area contributed by atoms with Gasteiger partial charge in [-0.3, -0.25) is 0 Å². The lowest BCUT2D eigenvalue weighted by Gasteiger charge is -2.32. The first-order valence-electron chi connectivity index (χ1n) is 5.78. The average molecular weight is 249 g/mol. The molecule has 18 heavy (non-hydrogen) atoms. The maximum atomic E-state index is 10.7. The fourth-order valence-corrected chi connectivity index (χ4v) is 1.65. The number of aromatic nitrogens is 1. The molecule has 6 heteroatoms. The number of pyridine rings is 1. The van der Waals surface area contributed by atoms with Gasteiger partial charge in [-0.15, -0.1) is 0 Å². The molecule has 1 aromatic heterocycles. The molecule has 96 valence electrons. The summed E-state index contributed by atoms with van der Waals surface area (Å²) in [5.41, 5.74) is -0.0966. The van der Waals surface area contributed by atoms with E-state index in [1.54, 1.807) is 6.07 Å². The van der Waals surface area contributed by atoms with E-state index in [9.17, 15) is 4.79 Å². The summed E-state index contributed by atoms with van der Waals surface area (Å²) in [7, 11) is -0.509. The van der Waals surface area contributed by atoms with Crippen molar-refractivity contribution in [3.8, 4) is 0 Å². The molecule has 0 spiro atoms. The third kappa shape index (κ3) is 2.13. The number of rotatable bonds is 2. The van der Waals surface area contributed by atoms with Gasteiger partial charge in [0, 0.05) is 11.7 Å². The lowest BCUT2D eigenvalue weighted by atomic mass is 9.80. The Labute approximate surface area is 106 Å². The van der Waals surface area contributed by atoms with Crippen molar-refractivity contribution < 1.29 is 19.2 Å². The minimum absolute atomic E-state index is 0.00951. The van der Waals surface area contributed by atoms with E-state index < -0.39 is 24.3 Å². The SMILES string of the molecule is CC1(C)OB(c2ccc(C(=O)O)nc2)OC1(C)C. The molecule has 1 aliphatic rings. The average Bonchev–Trinajstić information content (AvgIpc) is 2.48. The quantitative estimate of drug-likeness (QED) is 0.794. The molecule has 0 unspecified atom stereocenters. The molecule has 5 nitrogen and oxygen atoms in total. The first-order chi connectivity index (χ1) is 8.23. The molecule has 0 saturated carbocycles. The van der Waals surface area contributed by atoms with Crippen LogP contribution < -0.4 is 5.46 Å². The van der Waals surface area contributed by atoms with Crippen molar-refractivity contribution in [2.75, 3.05) is 0 Å². The van der Waals surface area contributed by atoms with Crippen LogP contribution >= 0.6 is 0 Å². The molecule has 2 heterocycles. The molecule has 1 aromatic rings. The minimum Gasteiger partial charge on any atom is -0.477 e. The lowest BCUT2D eigenvalue weighted by Crippen LogP contribution is -2.41. The maximum Gasteiger partial charge on any atom is 0.496 e. The Morgan fingerprint density at radius 3 is 2.17 bits per heavy atom. The highest BCUT2D eigenvalue weighted by atomic mass is 16.7. The zero-order chi connectivity index (χ0) is 13.6. The van der Waals surface area contributed by atoms with Crippen molar-refractivity contribution in [2.24, 2.45) is 0 Å². The topological polar surface area (TPSA) is 68.7 Å². The second-order valence-electron chi connectivity index (χ2n) is 5.37. The summed E-state index contributed by atoms with van der Waals surface area (Å²) in [4.78, 5) is 14.6. The summed E-state index contributed by atoms with van der Waals surface area (Å²) in [5, 5.41) is 8.78. The number of hydrogen-bond acceptors (Lipinski definition) is 4. The van der Waals surface area contributed by atoms with Crippen LogP contribution in [0.2, 0.25) is 0 Å². The fraction of sp³-hybridized carbons (Fsp3) is 0.500.